The predicted molar refractivity (Wildman–Crippen MR) is 64.9 cm³/mol. The SMILES string of the molecule is CC(Cl)C(=O)OCCCC[C@H](CO[N+](=O)[O-])O[N+](=O)[O-]. The van der Waals surface area contributed by atoms with Gasteiger partial charge in [-0.3, -0.25) is 4.79 Å². The summed E-state index contributed by atoms with van der Waals surface area (Å²) in [6.45, 7) is 1.05. The molecule has 0 N–H and O–H groups in total. The highest BCUT2D eigenvalue weighted by Gasteiger charge is 2.16. The van der Waals surface area contributed by atoms with E-state index in [0.29, 0.717) is 12.8 Å². The van der Waals surface area contributed by atoms with E-state index >= 15 is 0 Å². The van der Waals surface area contributed by atoms with Crippen LogP contribution in [0.3, 0.4) is 0 Å². The minimum Gasteiger partial charge on any atom is -0.465 e. The second-order valence-electron chi connectivity index (χ2n) is 3.75. The second-order valence-corrected chi connectivity index (χ2v) is 4.40. The summed E-state index contributed by atoms with van der Waals surface area (Å²) in [7, 11) is 0. The normalized spacial score (nSPS) is 13.1. The molecule has 0 saturated heterocycles. The van der Waals surface area contributed by atoms with Crippen LogP contribution in [-0.4, -0.2) is 40.8 Å². The topological polar surface area (TPSA) is 131 Å². The summed E-state index contributed by atoms with van der Waals surface area (Å²) in [6, 6.07) is 0. The molecule has 1 unspecified atom stereocenters. The Kier molecular flexibility index (Phi) is 9.09. The minimum absolute atomic E-state index is 0.108. The van der Waals surface area contributed by atoms with Crippen LogP contribution in [0, 0.1) is 20.2 Å². The van der Waals surface area contributed by atoms with Crippen LogP contribution in [0.4, 0.5) is 0 Å². The number of esters is 1. The summed E-state index contributed by atoms with van der Waals surface area (Å²) in [5, 5.41) is 17.3. The van der Waals surface area contributed by atoms with Crippen LogP contribution in [0.25, 0.3) is 0 Å². The molecule has 0 aliphatic carbocycles. The number of carbonyl (C=O) groups is 1. The molecular formula is C9H15ClN2O8. The third-order valence-electron chi connectivity index (χ3n) is 2.09. The van der Waals surface area contributed by atoms with Crippen molar-refractivity contribution in [1.82, 2.24) is 0 Å². The Hall–Kier alpha value is -1.84. The monoisotopic (exact) mass is 314 g/mol. The lowest BCUT2D eigenvalue weighted by Crippen LogP contribution is -2.24. The maximum Gasteiger partial charge on any atom is 0.323 e. The number of nitrogens with zero attached hydrogens (tertiary/aromatic N) is 2. The molecule has 11 heteroatoms. The van der Waals surface area contributed by atoms with Gasteiger partial charge in [-0.2, -0.15) is 0 Å². The number of halogens is 1. The lowest BCUT2D eigenvalue weighted by molar-refractivity contribution is -0.790. The van der Waals surface area contributed by atoms with Gasteiger partial charge >= 0.3 is 5.97 Å². The fourth-order valence-corrected chi connectivity index (χ4v) is 1.26. The van der Waals surface area contributed by atoms with Crippen LogP contribution in [0.15, 0.2) is 0 Å². The number of ether oxygens (including phenoxy) is 1. The molecule has 0 aromatic carbocycles. The number of rotatable bonds is 11. The van der Waals surface area contributed by atoms with E-state index in [9.17, 15) is 25.0 Å². The van der Waals surface area contributed by atoms with Gasteiger partial charge in [-0.15, -0.1) is 31.8 Å². The van der Waals surface area contributed by atoms with Gasteiger partial charge in [0.1, 0.15) is 18.1 Å². The van der Waals surface area contributed by atoms with Gasteiger partial charge in [0.05, 0.1) is 6.61 Å². The van der Waals surface area contributed by atoms with Gasteiger partial charge in [-0.05, 0) is 26.2 Å². The number of hydrogen-bond donors (Lipinski definition) is 0. The summed E-state index contributed by atoms with van der Waals surface area (Å²) in [4.78, 5) is 39.4. The zero-order chi connectivity index (χ0) is 15.5. The van der Waals surface area contributed by atoms with Crippen molar-refractivity contribution in [2.45, 2.75) is 37.7 Å². The Morgan fingerprint density at radius 1 is 1.25 bits per heavy atom. The molecule has 0 rings (SSSR count). The zero-order valence-corrected chi connectivity index (χ0v) is 11.5. The van der Waals surface area contributed by atoms with E-state index in [0.717, 1.165) is 0 Å². The molecule has 0 amide bonds. The number of unbranched alkanes of at least 4 members (excludes halogenated alkanes) is 1. The first-order valence-electron chi connectivity index (χ1n) is 5.72. The number of carbonyl (C=O) groups excluding carboxylic acids is 1. The lowest BCUT2D eigenvalue weighted by Gasteiger charge is -2.13. The Morgan fingerprint density at radius 2 is 1.90 bits per heavy atom. The average Bonchev–Trinajstić information content (AvgIpc) is 2.33. The van der Waals surface area contributed by atoms with Crippen molar-refractivity contribution in [3.63, 3.8) is 0 Å². The van der Waals surface area contributed by atoms with Gasteiger partial charge < -0.3 is 14.4 Å². The molecule has 0 aromatic heterocycles. The van der Waals surface area contributed by atoms with Crippen molar-refractivity contribution in [2.75, 3.05) is 13.2 Å². The van der Waals surface area contributed by atoms with Crippen molar-refractivity contribution in [2.24, 2.45) is 0 Å². The predicted octanol–water partition coefficient (Wildman–Crippen LogP) is 1.11. The molecule has 0 heterocycles. The first kappa shape index (κ1) is 18.2. The van der Waals surface area contributed by atoms with Gasteiger partial charge in [0.2, 0.25) is 0 Å². The third kappa shape index (κ3) is 10.1. The van der Waals surface area contributed by atoms with E-state index in [1.54, 1.807) is 0 Å². The summed E-state index contributed by atoms with van der Waals surface area (Å²) < 4.78 is 4.78. The quantitative estimate of drug-likeness (QED) is 0.182. The fourth-order valence-electron chi connectivity index (χ4n) is 1.19. The van der Waals surface area contributed by atoms with E-state index < -0.39 is 34.2 Å². The molecule has 0 aromatic rings. The fraction of sp³-hybridized carbons (Fsp3) is 0.889. The average molecular weight is 315 g/mol. The van der Waals surface area contributed by atoms with Crippen LogP contribution >= 0.6 is 11.6 Å². The molecule has 0 radical (unpaired) electrons. The van der Waals surface area contributed by atoms with Crippen LogP contribution in [0.1, 0.15) is 26.2 Å². The molecular weight excluding hydrogens is 300 g/mol. The van der Waals surface area contributed by atoms with Crippen molar-refractivity contribution in [1.29, 1.82) is 0 Å². The summed E-state index contributed by atoms with van der Waals surface area (Å²) in [5.74, 6) is -0.554. The maximum absolute atomic E-state index is 11.0. The van der Waals surface area contributed by atoms with E-state index in [1.165, 1.54) is 6.92 Å². The maximum atomic E-state index is 11.0. The summed E-state index contributed by atoms with van der Waals surface area (Å²) in [6.07, 6.45) is -0.0596. The Balaban J connectivity index is 3.86. The van der Waals surface area contributed by atoms with Crippen LogP contribution in [0.5, 0.6) is 0 Å². The molecule has 2 atom stereocenters. The number of alkyl halides is 1. The lowest BCUT2D eigenvalue weighted by atomic mass is 10.2. The molecule has 116 valence electrons. The van der Waals surface area contributed by atoms with Crippen molar-refractivity contribution in [3.05, 3.63) is 20.2 Å². The Morgan fingerprint density at radius 3 is 2.40 bits per heavy atom. The Labute approximate surface area is 119 Å². The van der Waals surface area contributed by atoms with Crippen molar-refractivity contribution < 1.29 is 29.4 Å². The molecule has 0 aliphatic rings. The molecule has 20 heavy (non-hydrogen) atoms. The standard InChI is InChI=1S/C9H15ClN2O8/c1-7(10)9(13)18-5-3-2-4-8(20-12(16)17)6-19-11(14)15/h7-8H,2-6H2,1H3/t7?,8-/m1/s1. The number of hydrogen-bond acceptors (Lipinski definition) is 8. The summed E-state index contributed by atoms with van der Waals surface area (Å²) >= 11 is 5.47. The molecule has 0 aliphatic heterocycles. The van der Waals surface area contributed by atoms with E-state index in [1.807, 2.05) is 0 Å². The summed E-state index contributed by atoms with van der Waals surface area (Å²) in [5.41, 5.74) is 0. The zero-order valence-electron chi connectivity index (χ0n) is 10.7. The molecule has 0 saturated carbocycles. The molecule has 0 spiro atoms. The van der Waals surface area contributed by atoms with E-state index in [-0.39, 0.29) is 13.0 Å². The largest absolute Gasteiger partial charge is 0.465 e. The Bertz CT molecular complexity index is 338. The van der Waals surface area contributed by atoms with E-state index in [2.05, 4.69) is 9.68 Å². The third-order valence-corrected chi connectivity index (χ3v) is 2.27. The molecule has 10 nitrogen and oxygen atoms in total. The van der Waals surface area contributed by atoms with Gasteiger partial charge in [0, 0.05) is 0 Å². The van der Waals surface area contributed by atoms with Crippen molar-refractivity contribution >= 4 is 17.6 Å². The first-order valence-corrected chi connectivity index (χ1v) is 6.15. The highest BCUT2D eigenvalue weighted by atomic mass is 35.5. The highest BCUT2D eigenvalue weighted by Crippen LogP contribution is 2.07. The molecule has 0 bridgehead atoms. The van der Waals surface area contributed by atoms with Gasteiger partial charge in [0.15, 0.2) is 0 Å². The van der Waals surface area contributed by atoms with Crippen LogP contribution < -0.4 is 0 Å². The minimum atomic E-state index is -1.06. The van der Waals surface area contributed by atoms with Crippen molar-refractivity contribution in [3.8, 4) is 0 Å². The van der Waals surface area contributed by atoms with Crippen LogP contribution in [-0.2, 0) is 19.2 Å². The second kappa shape index (κ2) is 10.0. The molecule has 0 fully saturated rings. The van der Waals surface area contributed by atoms with Gasteiger partial charge in [-0.25, -0.2) is 0 Å². The van der Waals surface area contributed by atoms with Gasteiger partial charge in [-0.1, -0.05) is 0 Å². The van der Waals surface area contributed by atoms with Crippen LogP contribution in [0.2, 0.25) is 0 Å². The first-order chi connectivity index (χ1) is 9.32. The highest BCUT2D eigenvalue weighted by molar-refractivity contribution is 6.29. The smallest absolute Gasteiger partial charge is 0.323 e. The van der Waals surface area contributed by atoms with Gasteiger partial charge in [0.25, 0.3) is 10.2 Å². The van der Waals surface area contributed by atoms with E-state index in [4.69, 9.17) is 16.3 Å².